The van der Waals surface area contributed by atoms with Gasteiger partial charge in [0.25, 0.3) is 0 Å². The van der Waals surface area contributed by atoms with Crippen LogP contribution in [0.4, 0.5) is 0 Å². The monoisotopic (exact) mass is 174 g/mol. The van der Waals surface area contributed by atoms with Crippen LogP contribution in [0.3, 0.4) is 0 Å². The first-order valence-corrected chi connectivity index (χ1v) is 5.16. The fraction of sp³-hybridized carbons (Fsp3) is 0.538. The summed E-state index contributed by atoms with van der Waals surface area (Å²) < 4.78 is 0. The summed E-state index contributed by atoms with van der Waals surface area (Å²) in [6, 6.07) is 0. The maximum atomic E-state index is 2.40. The number of hydrogen-bond acceptors (Lipinski definition) is 0. The largest absolute Gasteiger partial charge is 0.0788 e. The van der Waals surface area contributed by atoms with Gasteiger partial charge in [-0.15, -0.1) is 0 Å². The first kappa shape index (κ1) is 8.80. The van der Waals surface area contributed by atoms with Crippen molar-refractivity contribution in [2.45, 2.75) is 33.1 Å². The summed E-state index contributed by atoms with van der Waals surface area (Å²) in [6.45, 7) is 4.66. The van der Waals surface area contributed by atoms with Crippen LogP contribution in [0.2, 0.25) is 0 Å². The van der Waals surface area contributed by atoms with E-state index in [2.05, 4.69) is 50.3 Å². The highest BCUT2D eigenvalue weighted by atomic mass is 14.5. The molecule has 70 valence electrons. The van der Waals surface area contributed by atoms with Crippen molar-refractivity contribution < 1.29 is 0 Å². The van der Waals surface area contributed by atoms with Gasteiger partial charge in [0.15, 0.2) is 0 Å². The topological polar surface area (TPSA) is 0 Å². The van der Waals surface area contributed by atoms with Crippen molar-refractivity contribution in [1.82, 2.24) is 0 Å². The first-order chi connectivity index (χ1) is 6.12. The molecule has 0 aromatic heterocycles. The van der Waals surface area contributed by atoms with E-state index in [1.165, 1.54) is 19.3 Å². The molecule has 0 bridgehead atoms. The lowest BCUT2D eigenvalue weighted by molar-refractivity contribution is 0.360. The van der Waals surface area contributed by atoms with Crippen LogP contribution in [-0.4, -0.2) is 0 Å². The summed E-state index contributed by atoms with van der Waals surface area (Å²) >= 11 is 0. The van der Waals surface area contributed by atoms with Crippen molar-refractivity contribution in [3.05, 3.63) is 36.5 Å². The van der Waals surface area contributed by atoms with E-state index >= 15 is 0 Å². The molecule has 1 spiro atoms. The van der Waals surface area contributed by atoms with Crippen molar-refractivity contribution in [2.75, 3.05) is 0 Å². The molecule has 0 aliphatic heterocycles. The second kappa shape index (κ2) is 2.87. The molecular formula is C13H18. The van der Waals surface area contributed by atoms with Crippen molar-refractivity contribution in [2.24, 2.45) is 10.8 Å². The third-order valence-corrected chi connectivity index (χ3v) is 3.03. The van der Waals surface area contributed by atoms with Crippen LogP contribution in [0.15, 0.2) is 36.5 Å². The van der Waals surface area contributed by atoms with E-state index in [9.17, 15) is 0 Å². The lowest BCUT2D eigenvalue weighted by Crippen LogP contribution is -2.13. The molecule has 0 aromatic rings. The molecule has 0 heteroatoms. The van der Waals surface area contributed by atoms with Gasteiger partial charge >= 0.3 is 0 Å². The van der Waals surface area contributed by atoms with Gasteiger partial charge in [-0.1, -0.05) is 50.3 Å². The third kappa shape index (κ3) is 2.12. The van der Waals surface area contributed by atoms with E-state index in [0.29, 0.717) is 10.8 Å². The molecule has 1 fully saturated rings. The van der Waals surface area contributed by atoms with Crippen molar-refractivity contribution in [1.29, 1.82) is 0 Å². The summed E-state index contributed by atoms with van der Waals surface area (Å²) in [6.07, 6.45) is 17.4. The number of hydrogen-bond donors (Lipinski definition) is 0. The number of rotatable bonds is 0. The van der Waals surface area contributed by atoms with Crippen LogP contribution in [0, 0.1) is 10.8 Å². The zero-order valence-electron chi connectivity index (χ0n) is 8.59. The molecule has 0 radical (unpaired) electrons. The molecule has 2 rings (SSSR count). The van der Waals surface area contributed by atoms with Gasteiger partial charge in [-0.05, 0) is 30.1 Å². The minimum absolute atomic E-state index is 0.357. The Hall–Kier alpha value is -0.780. The third-order valence-electron chi connectivity index (χ3n) is 3.03. The zero-order chi connectivity index (χ0) is 9.36. The molecule has 0 amide bonds. The molecule has 2 aliphatic carbocycles. The molecule has 0 atom stereocenters. The smallest absolute Gasteiger partial charge is 0.0106 e. The van der Waals surface area contributed by atoms with E-state index in [0.717, 1.165) is 0 Å². The molecule has 1 saturated carbocycles. The van der Waals surface area contributed by atoms with Gasteiger partial charge in [-0.3, -0.25) is 0 Å². The average Bonchev–Trinajstić information content (AvgIpc) is 2.73. The molecule has 2 aliphatic rings. The fourth-order valence-electron chi connectivity index (χ4n) is 2.23. The Morgan fingerprint density at radius 2 is 1.46 bits per heavy atom. The van der Waals surface area contributed by atoms with E-state index in [1.807, 2.05) is 0 Å². The molecular weight excluding hydrogens is 156 g/mol. The second-order valence-corrected chi connectivity index (χ2v) is 5.13. The van der Waals surface area contributed by atoms with Gasteiger partial charge in [-0.2, -0.15) is 0 Å². The number of allylic oxidation sites excluding steroid dienone is 6. The fourth-order valence-corrected chi connectivity index (χ4v) is 2.23. The van der Waals surface area contributed by atoms with Crippen molar-refractivity contribution in [3.8, 4) is 0 Å². The van der Waals surface area contributed by atoms with Crippen molar-refractivity contribution in [3.63, 3.8) is 0 Å². The summed E-state index contributed by atoms with van der Waals surface area (Å²) in [5.41, 5.74) is 0.901. The SMILES string of the molecule is CC1(C)\C=C/C=C\C=C/C2(CC2)C1. The highest BCUT2D eigenvalue weighted by Crippen LogP contribution is 2.54. The van der Waals surface area contributed by atoms with Crippen LogP contribution in [0.5, 0.6) is 0 Å². The normalized spacial score (nSPS) is 35.5. The first-order valence-electron chi connectivity index (χ1n) is 5.16. The zero-order valence-corrected chi connectivity index (χ0v) is 8.59. The van der Waals surface area contributed by atoms with Crippen LogP contribution in [0.1, 0.15) is 33.1 Å². The Kier molecular flexibility index (Phi) is 1.94. The maximum absolute atomic E-state index is 2.40. The van der Waals surface area contributed by atoms with Crippen LogP contribution < -0.4 is 0 Å². The second-order valence-electron chi connectivity index (χ2n) is 5.13. The summed E-state index contributed by atoms with van der Waals surface area (Å²) in [4.78, 5) is 0. The minimum atomic E-state index is 0.357. The van der Waals surface area contributed by atoms with E-state index in [4.69, 9.17) is 0 Å². The molecule has 0 nitrogen and oxygen atoms in total. The van der Waals surface area contributed by atoms with E-state index in [1.54, 1.807) is 0 Å². The quantitative estimate of drug-likeness (QED) is 0.523. The highest BCUT2D eigenvalue weighted by Gasteiger charge is 2.43. The van der Waals surface area contributed by atoms with Crippen LogP contribution in [0.25, 0.3) is 0 Å². The van der Waals surface area contributed by atoms with Gasteiger partial charge in [-0.25, -0.2) is 0 Å². The van der Waals surface area contributed by atoms with Gasteiger partial charge in [0, 0.05) is 0 Å². The standard InChI is InChI=1S/C13H18/c1-12(2)7-5-3-4-6-8-13(11-12)9-10-13/h3-8H,9-11H2,1-2H3/b4-3-,7-5-,8-6-. The summed E-state index contributed by atoms with van der Waals surface area (Å²) in [5.74, 6) is 0. The summed E-state index contributed by atoms with van der Waals surface area (Å²) in [5, 5.41) is 0. The molecule has 0 N–H and O–H groups in total. The predicted molar refractivity (Wildman–Crippen MR) is 57.5 cm³/mol. The van der Waals surface area contributed by atoms with E-state index < -0.39 is 0 Å². The van der Waals surface area contributed by atoms with E-state index in [-0.39, 0.29) is 0 Å². The highest BCUT2D eigenvalue weighted by molar-refractivity contribution is 5.22. The Bertz CT molecular complexity index is 256. The lowest BCUT2D eigenvalue weighted by atomic mass is 9.80. The van der Waals surface area contributed by atoms with Gasteiger partial charge in [0.05, 0.1) is 0 Å². The molecule has 0 unspecified atom stereocenters. The predicted octanol–water partition coefficient (Wildman–Crippen LogP) is 3.87. The average molecular weight is 174 g/mol. The van der Waals surface area contributed by atoms with Crippen LogP contribution in [-0.2, 0) is 0 Å². The van der Waals surface area contributed by atoms with Gasteiger partial charge < -0.3 is 0 Å². The Labute approximate surface area is 81.0 Å². The van der Waals surface area contributed by atoms with Crippen LogP contribution >= 0.6 is 0 Å². The Balaban J connectivity index is 2.24. The Morgan fingerprint density at radius 1 is 0.846 bits per heavy atom. The molecule has 13 heavy (non-hydrogen) atoms. The lowest BCUT2D eigenvalue weighted by Gasteiger charge is -2.24. The summed E-state index contributed by atoms with van der Waals surface area (Å²) in [7, 11) is 0. The van der Waals surface area contributed by atoms with Gasteiger partial charge in [0.2, 0.25) is 0 Å². The molecule has 0 saturated heterocycles. The maximum Gasteiger partial charge on any atom is -0.0106 e. The molecule has 0 heterocycles. The minimum Gasteiger partial charge on any atom is -0.0788 e. The Morgan fingerprint density at radius 3 is 2.08 bits per heavy atom. The molecule has 0 aromatic carbocycles. The van der Waals surface area contributed by atoms with Gasteiger partial charge in [0.1, 0.15) is 0 Å². The van der Waals surface area contributed by atoms with Crippen molar-refractivity contribution >= 4 is 0 Å².